The average Bonchev–Trinajstić information content (AvgIpc) is 2.83. The summed E-state index contributed by atoms with van der Waals surface area (Å²) in [6, 6.07) is 4.66. The van der Waals surface area contributed by atoms with Crippen LogP contribution in [0.15, 0.2) is 36.4 Å². The predicted octanol–water partition coefficient (Wildman–Crippen LogP) is 5.49. The largest absolute Gasteiger partial charge is 0.416 e. The Labute approximate surface area is 194 Å². The first-order valence-electron chi connectivity index (χ1n) is 9.54. The molecule has 3 rings (SSSR count). The molecule has 1 atom stereocenters. The van der Waals surface area contributed by atoms with Gasteiger partial charge in [-0.05, 0) is 41.5 Å². The Hall–Kier alpha value is -2.46. The van der Waals surface area contributed by atoms with E-state index < -0.39 is 47.9 Å². The lowest BCUT2D eigenvalue weighted by Gasteiger charge is -2.25. The summed E-state index contributed by atoms with van der Waals surface area (Å²) in [5.74, 6) is -1.12. The Bertz CT molecular complexity index is 1040. The lowest BCUT2D eigenvalue weighted by molar-refractivity contribution is -0.143. The number of hydrogen-bond donors (Lipinski definition) is 1. The molecule has 1 heterocycles. The minimum Gasteiger partial charge on any atom is -0.344 e. The van der Waals surface area contributed by atoms with Gasteiger partial charge in [-0.3, -0.25) is 9.59 Å². The molecule has 0 radical (unpaired) electrons. The zero-order chi connectivity index (χ0) is 24.6. The second kappa shape index (κ2) is 9.42. The summed E-state index contributed by atoms with van der Waals surface area (Å²) in [5, 5.41) is 3.04. The van der Waals surface area contributed by atoms with Gasteiger partial charge in [-0.25, -0.2) is 0 Å². The molecular formula is C21H16Cl2F6N2O2. The van der Waals surface area contributed by atoms with Gasteiger partial charge in [0.2, 0.25) is 11.8 Å². The van der Waals surface area contributed by atoms with Crippen molar-refractivity contribution in [3.8, 4) is 0 Å². The second-order valence-electron chi connectivity index (χ2n) is 7.50. The molecule has 178 valence electrons. The van der Waals surface area contributed by atoms with Crippen molar-refractivity contribution in [3.63, 3.8) is 0 Å². The van der Waals surface area contributed by atoms with E-state index in [1.807, 2.05) is 0 Å². The van der Waals surface area contributed by atoms with Crippen LogP contribution in [0.25, 0.3) is 0 Å². The van der Waals surface area contributed by atoms with Crippen LogP contribution in [0.3, 0.4) is 0 Å². The molecule has 1 aliphatic rings. The number of amides is 2. The van der Waals surface area contributed by atoms with Crippen LogP contribution in [-0.2, 0) is 34.9 Å². The number of halogens is 8. The third kappa shape index (κ3) is 6.32. The van der Waals surface area contributed by atoms with Crippen molar-refractivity contribution >= 4 is 35.0 Å². The van der Waals surface area contributed by atoms with Crippen LogP contribution in [-0.4, -0.2) is 29.3 Å². The minimum absolute atomic E-state index is 0.00829. The van der Waals surface area contributed by atoms with E-state index in [-0.39, 0.29) is 41.1 Å². The van der Waals surface area contributed by atoms with Crippen LogP contribution in [0.5, 0.6) is 0 Å². The highest BCUT2D eigenvalue weighted by Gasteiger charge is 2.37. The van der Waals surface area contributed by atoms with E-state index in [4.69, 9.17) is 23.2 Å². The Morgan fingerprint density at radius 2 is 1.48 bits per heavy atom. The number of rotatable bonds is 4. The summed E-state index contributed by atoms with van der Waals surface area (Å²) >= 11 is 11.8. The van der Waals surface area contributed by atoms with Gasteiger partial charge in [0.25, 0.3) is 0 Å². The van der Waals surface area contributed by atoms with Gasteiger partial charge in [0.1, 0.15) is 6.04 Å². The molecule has 1 N–H and O–H groups in total. The smallest absolute Gasteiger partial charge is 0.344 e. The normalized spacial score (nSPS) is 17.7. The molecule has 0 spiro atoms. The molecule has 2 amide bonds. The minimum atomic E-state index is -5.01. The average molecular weight is 513 g/mol. The highest BCUT2D eigenvalue weighted by atomic mass is 35.5. The van der Waals surface area contributed by atoms with E-state index in [2.05, 4.69) is 5.32 Å². The van der Waals surface area contributed by atoms with Gasteiger partial charge in [0, 0.05) is 25.9 Å². The number of nitrogens with one attached hydrogen (secondary N) is 1. The molecule has 1 saturated heterocycles. The van der Waals surface area contributed by atoms with E-state index in [0.29, 0.717) is 17.7 Å². The van der Waals surface area contributed by atoms with Crippen molar-refractivity contribution in [1.82, 2.24) is 10.2 Å². The summed E-state index contributed by atoms with van der Waals surface area (Å²) in [6.45, 7) is -0.696. The highest BCUT2D eigenvalue weighted by Crippen LogP contribution is 2.36. The van der Waals surface area contributed by atoms with Gasteiger partial charge in [-0.1, -0.05) is 29.3 Å². The van der Waals surface area contributed by atoms with Gasteiger partial charge >= 0.3 is 12.4 Å². The molecule has 2 aromatic carbocycles. The number of benzene rings is 2. The lowest BCUT2D eigenvalue weighted by atomic mass is 10.0. The maximum atomic E-state index is 13.2. The molecule has 12 heteroatoms. The fraction of sp³-hybridized carbons (Fsp3) is 0.333. The van der Waals surface area contributed by atoms with Crippen molar-refractivity contribution in [3.05, 3.63) is 68.7 Å². The number of alkyl halides is 6. The molecule has 1 aliphatic heterocycles. The van der Waals surface area contributed by atoms with Crippen LogP contribution in [0.4, 0.5) is 26.3 Å². The topological polar surface area (TPSA) is 49.4 Å². The fourth-order valence-corrected chi connectivity index (χ4v) is 3.74. The SMILES string of the molecule is O=C1CCN(Cc2cc(C(F)(F)F)cc(C(F)(F)F)c2)C(=O)C(Cc2ccc(Cl)c(Cl)c2)N1. The molecule has 1 fully saturated rings. The van der Waals surface area contributed by atoms with Crippen LogP contribution >= 0.6 is 23.2 Å². The summed E-state index contributed by atoms with van der Waals surface area (Å²) in [4.78, 5) is 26.2. The van der Waals surface area contributed by atoms with Crippen molar-refractivity contribution in [2.75, 3.05) is 6.54 Å². The zero-order valence-corrected chi connectivity index (χ0v) is 18.2. The maximum absolute atomic E-state index is 13.2. The lowest BCUT2D eigenvalue weighted by Crippen LogP contribution is -2.45. The molecule has 2 aromatic rings. The maximum Gasteiger partial charge on any atom is 0.416 e. The van der Waals surface area contributed by atoms with Crippen LogP contribution < -0.4 is 5.32 Å². The van der Waals surface area contributed by atoms with Gasteiger partial charge in [-0.2, -0.15) is 26.3 Å². The number of carbonyl (C=O) groups excluding carboxylic acids is 2. The Morgan fingerprint density at radius 1 is 0.879 bits per heavy atom. The summed E-state index contributed by atoms with van der Waals surface area (Å²) in [5.41, 5.74) is -2.75. The first kappa shape index (κ1) is 25.2. The summed E-state index contributed by atoms with van der Waals surface area (Å²) in [6.07, 6.45) is -10.2. The Kier molecular flexibility index (Phi) is 7.18. The first-order chi connectivity index (χ1) is 15.2. The van der Waals surface area contributed by atoms with Crippen molar-refractivity contribution in [2.24, 2.45) is 0 Å². The quantitative estimate of drug-likeness (QED) is 0.550. The fourth-order valence-electron chi connectivity index (χ4n) is 3.42. The highest BCUT2D eigenvalue weighted by molar-refractivity contribution is 6.42. The second-order valence-corrected chi connectivity index (χ2v) is 8.31. The van der Waals surface area contributed by atoms with Gasteiger partial charge in [0.15, 0.2) is 0 Å². The van der Waals surface area contributed by atoms with E-state index >= 15 is 0 Å². The van der Waals surface area contributed by atoms with Crippen molar-refractivity contribution in [1.29, 1.82) is 0 Å². The molecular weight excluding hydrogens is 497 g/mol. The molecule has 33 heavy (non-hydrogen) atoms. The Balaban J connectivity index is 1.89. The molecule has 4 nitrogen and oxygen atoms in total. The Morgan fingerprint density at radius 3 is 2.03 bits per heavy atom. The molecule has 0 bridgehead atoms. The van der Waals surface area contributed by atoms with Crippen LogP contribution in [0, 0.1) is 0 Å². The monoisotopic (exact) mass is 512 g/mol. The van der Waals surface area contributed by atoms with E-state index in [0.717, 1.165) is 4.90 Å². The van der Waals surface area contributed by atoms with E-state index in [9.17, 15) is 35.9 Å². The number of hydrogen-bond acceptors (Lipinski definition) is 2. The van der Waals surface area contributed by atoms with Crippen LogP contribution in [0.1, 0.15) is 28.7 Å². The van der Waals surface area contributed by atoms with E-state index in [1.165, 1.54) is 12.1 Å². The number of carbonyl (C=O) groups is 2. The van der Waals surface area contributed by atoms with Crippen LogP contribution in [0.2, 0.25) is 10.0 Å². The van der Waals surface area contributed by atoms with E-state index in [1.54, 1.807) is 6.07 Å². The molecule has 1 unspecified atom stereocenters. The third-order valence-corrected chi connectivity index (χ3v) is 5.74. The predicted molar refractivity (Wildman–Crippen MR) is 109 cm³/mol. The zero-order valence-electron chi connectivity index (χ0n) is 16.7. The molecule has 0 aliphatic carbocycles. The van der Waals surface area contributed by atoms with Gasteiger partial charge in [-0.15, -0.1) is 0 Å². The summed E-state index contributed by atoms with van der Waals surface area (Å²) in [7, 11) is 0. The summed E-state index contributed by atoms with van der Waals surface area (Å²) < 4.78 is 78.9. The molecule has 0 aromatic heterocycles. The third-order valence-electron chi connectivity index (χ3n) is 5.00. The molecule has 0 saturated carbocycles. The van der Waals surface area contributed by atoms with Crippen molar-refractivity contribution < 1.29 is 35.9 Å². The van der Waals surface area contributed by atoms with Gasteiger partial charge < -0.3 is 10.2 Å². The van der Waals surface area contributed by atoms with Crippen molar-refractivity contribution in [2.45, 2.75) is 37.8 Å². The first-order valence-corrected chi connectivity index (χ1v) is 10.3. The van der Waals surface area contributed by atoms with Gasteiger partial charge in [0.05, 0.1) is 21.2 Å². The standard InChI is InChI=1S/C21H16Cl2F6N2O2/c22-15-2-1-11(7-16(15)23)8-17-19(33)31(4-3-18(32)30-17)10-12-5-13(20(24,25)26)9-14(6-12)21(27,28)29/h1-2,5-7,9,17H,3-4,8,10H2,(H,30,32). The number of nitrogens with zero attached hydrogens (tertiary/aromatic N) is 1.